The number of benzene rings is 1. The number of carbonyl (C=O) groups is 1. The molecule has 2 heterocycles. The van der Waals surface area contributed by atoms with Gasteiger partial charge in [0, 0.05) is 19.6 Å². The largest absolute Gasteiger partial charge is 0.328 e. The van der Waals surface area contributed by atoms with Crippen molar-refractivity contribution >= 4 is 17.2 Å². The number of rotatable bonds is 3. The molecule has 1 fully saturated rings. The number of piperazine rings is 1. The lowest BCUT2D eigenvalue weighted by molar-refractivity contribution is 0.0638. The van der Waals surface area contributed by atoms with Crippen molar-refractivity contribution < 1.29 is 9.18 Å². The Labute approximate surface area is 139 Å². The molecule has 3 rings (SSSR count). The van der Waals surface area contributed by atoms with Crippen LogP contribution in [0.4, 0.5) is 4.39 Å². The van der Waals surface area contributed by atoms with Gasteiger partial charge < -0.3 is 10.2 Å². The number of carbonyl (C=O) groups excluding carboxylic acids is 1. The molecule has 1 aromatic carbocycles. The molecule has 1 amide bonds. The zero-order valence-electron chi connectivity index (χ0n) is 13.3. The van der Waals surface area contributed by atoms with Crippen LogP contribution in [-0.4, -0.2) is 35.4 Å². The number of aromatic nitrogens is 1. The fourth-order valence-electron chi connectivity index (χ4n) is 2.89. The molecule has 0 bridgehead atoms. The monoisotopic (exact) mass is 333 g/mol. The predicted octanol–water partition coefficient (Wildman–Crippen LogP) is 2.94. The summed E-state index contributed by atoms with van der Waals surface area (Å²) in [5.41, 5.74) is 1.61. The third kappa shape index (κ3) is 3.28. The summed E-state index contributed by atoms with van der Waals surface area (Å²) in [6, 6.07) is 6.34. The Bertz CT molecular complexity index is 716. The Hall–Kier alpha value is -1.79. The summed E-state index contributed by atoms with van der Waals surface area (Å²) in [5, 5.41) is 4.27. The van der Waals surface area contributed by atoms with E-state index in [-0.39, 0.29) is 17.8 Å². The average molecular weight is 333 g/mol. The van der Waals surface area contributed by atoms with E-state index in [1.807, 2.05) is 24.8 Å². The summed E-state index contributed by atoms with van der Waals surface area (Å²) < 4.78 is 13.6. The zero-order valence-corrected chi connectivity index (χ0v) is 14.1. The molecule has 1 aliphatic rings. The van der Waals surface area contributed by atoms with Crippen molar-refractivity contribution in [1.82, 2.24) is 15.2 Å². The molecule has 0 radical (unpaired) electrons. The Morgan fingerprint density at radius 1 is 1.52 bits per heavy atom. The van der Waals surface area contributed by atoms with Crippen LogP contribution >= 0.6 is 11.3 Å². The second kappa shape index (κ2) is 6.76. The second-order valence-corrected chi connectivity index (χ2v) is 6.73. The van der Waals surface area contributed by atoms with Crippen LogP contribution in [0.1, 0.15) is 38.9 Å². The van der Waals surface area contributed by atoms with Crippen LogP contribution in [0.25, 0.3) is 0 Å². The normalized spacial score (nSPS) is 18.2. The summed E-state index contributed by atoms with van der Waals surface area (Å²) in [5.74, 6) is -0.279. The predicted molar refractivity (Wildman–Crippen MR) is 89.3 cm³/mol. The first kappa shape index (κ1) is 16.1. The van der Waals surface area contributed by atoms with Crippen LogP contribution in [0.3, 0.4) is 0 Å². The van der Waals surface area contributed by atoms with E-state index in [4.69, 9.17) is 0 Å². The molecule has 0 aliphatic carbocycles. The molecule has 1 aliphatic heterocycles. The minimum absolute atomic E-state index is 0.00420. The Morgan fingerprint density at radius 2 is 2.35 bits per heavy atom. The van der Waals surface area contributed by atoms with Crippen LogP contribution in [-0.2, 0) is 6.42 Å². The number of nitrogens with zero attached hydrogens (tertiary/aromatic N) is 2. The number of hydrogen-bond acceptors (Lipinski definition) is 4. The van der Waals surface area contributed by atoms with E-state index >= 15 is 0 Å². The van der Waals surface area contributed by atoms with Crippen molar-refractivity contribution in [3.05, 3.63) is 51.2 Å². The van der Waals surface area contributed by atoms with Crippen molar-refractivity contribution in [3.8, 4) is 0 Å². The first-order valence-corrected chi connectivity index (χ1v) is 8.65. The van der Waals surface area contributed by atoms with Gasteiger partial charge in [0.15, 0.2) is 0 Å². The van der Waals surface area contributed by atoms with E-state index in [9.17, 15) is 9.18 Å². The van der Waals surface area contributed by atoms with Crippen LogP contribution in [0.2, 0.25) is 0 Å². The fraction of sp³-hybridized carbons (Fsp3) is 0.412. The molecule has 1 aromatic heterocycles. The summed E-state index contributed by atoms with van der Waals surface area (Å²) in [6.07, 6.45) is 0.827. The maximum atomic E-state index is 13.6. The van der Waals surface area contributed by atoms with E-state index < -0.39 is 0 Å². The number of amides is 1. The molecular weight excluding hydrogens is 313 g/mol. The summed E-state index contributed by atoms with van der Waals surface area (Å²) in [4.78, 5) is 20.0. The fourth-order valence-corrected chi connectivity index (χ4v) is 3.85. The van der Waals surface area contributed by atoms with Gasteiger partial charge in [-0.05, 0) is 31.0 Å². The second-order valence-electron chi connectivity index (χ2n) is 5.65. The van der Waals surface area contributed by atoms with E-state index in [2.05, 4.69) is 10.3 Å². The summed E-state index contributed by atoms with van der Waals surface area (Å²) in [7, 11) is 0. The van der Waals surface area contributed by atoms with Gasteiger partial charge in [-0.15, -0.1) is 11.3 Å². The van der Waals surface area contributed by atoms with Crippen molar-refractivity contribution in [2.75, 3.05) is 19.6 Å². The number of hydrogen-bond donors (Lipinski definition) is 1. The molecule has 122 valence electrons. The molecule has 4 nitrogen and oxygen atoms in total. The standard InChI is InChI=1S/C17H20FN3OS/c1-3-15-20-11(2)16(23-15)17(22)21-8-7-19-10-14(21)12-5-4-6-13(18)9-12/h4-6,9,14,19H,3,7-8,10H2,1-2H3. The first-order valence-electron chi connectivity index (χ1n) is 7.83. The van der Waals surface area contributed by atoms with Gasteiger partial charge in [0.05, 0.1) is 16.7 Å². The lowest BCUT2D eigenvalue weighted by Crippen LogP contribution is -2.48. The molecule has 0 spiro atoms. The molecule has 6 heteroatoms. The zero-order chi connectivity index (χ0) is 16.4. The summed E-state index contributed by atoms with van der Waals surface area (Å²) in [6.45, 7) is 5.90. The smallest absolute Gasteiger partial charge is 0.266 e. The van der Waals surface area contributed by atoms with Gasteiger partial charge in [0.1, 0.15) is 10.7 Å². The number of aryl methyl sites for hydroxylation is 2. The highest BCUT2D eigenvalue weighted by Crippen LogP contribution is 2.28. The van der Waals surface area contributed by atoms with Crippen LogP contribution in [0.15, 0.2) is 24.3 Å². The van der Waals surface area contributed by atoms with Gasteiger partial charge in [0.25, 0.3) is 5.91 Å². The lowest BCUT2D eigenvalue weighted by Gasteiger charge is -2.36. The van der Waals surface area contributed by atoms with E-state index in [0.717, 1.165) is 29.2 Å². The molecule has 1 saturated heterocycles. The van der Waals surface area contributed by atoms with Crippen molar-refractivity contribution in [2.24, 2.45) is 0 Å². The lowest BCUT2D eigenvalue weighted by atomic mass is 10.0. The number of halogens is 1. The maximum Gasteiger partial charge on any atom is 0.266 e. The average Bonchev–Trinajstić information content (AvgIpc) is 2.95. The Morgan fingerprint density at radius 3 is 3.04 bits per heavy atom. The molecule has 23 heavy (non-hydrogen) atoms. The van der Waals surface area contributed by atoms with Gasteiger partial charge in [-0.1, -0.05) is 19.1 Å². The Balaban J connectivity index is 1.91. The molecule has 0 saturated carbocycles. The van der Waals surface area contributed by atoms with Gasteiger partial charge in [-0.25, -0.2) is 9.37 Å². The number of nitrogens with one attached hydrogen (secondary N) is 1. The van der Waals surface area contributed by atoms with Gasteiger partial charge in [-0.3, -0.25) is 4.79 Å². The van der Waals surface area contributed by atoms with E-state index in [0.29, 0.717) is 18.0 Å². The third-order valence-corrected chi connectivity index (χ3v) is 5.37. The van der Waals surface area contributed by atoms with E-state index in [1.54, 1.807) is 6.07 Å². The van der Waals surface area contributed by atoms with Crippen LogP contribution < -0.4 is 5.32 Å². The minimum Gasteiger partial charge on any atom is -0.328 e. The molecule has 1 unspecified atom stereocenters. The topological polar surface area (TPSA) is 45.2 Å². The molecular formula is C17H20FN3OS. The van der Waals surface area contributed by atoms with Crippen molar-refractivity contribution in [1.29, 1.82) is 0 Å². The highest BCUT2D eigenvalue weighted by Gasteiger charge is 2.30. The van der Waals surface area contributed by atoms with Gasteiger partial charge in [-0.2, -0.15) is 0 Å². The molecule has 2 aromatic rings. The van der Waals surface area contributed by atoms with Crippen LogP contribution in [0, 0.1) is 12.7 Å². The van der Waals surface area contributed by atoms with Crippen molar-refractivity contribution in [2.45, 2.75) is 26.3 Å². The van der Waals surface area contributed by atoms with Crippen LogP contribution in [0.5, 0.6) is 0 Å². The maximum absolute atomic E-state index is 13.6. The quantitative estimate of drug-likeness (QED) is 0.939. The van der Waals surface area contributed by atoms with Crippen molar-refractivity contribution in [3.63, 3.8) is 0 Å². The number of thiazole rings is 1. The summed E-state index contributed by atoms with van der Waals surface area (Å²) >= 11 is 1.46. The SMILES string of the molecule is CCc1nc(C)c(C(=O)N2CCNCC2c2cccc(F)c2)s1. The highest BCUT2D eigenvalue weighted by atomic mass is 32.1. The molecule has 1 N–H and O–H groups in total. The Kier molecular flexibility index (Phi) is 4.73. The van der Waals surface area contributed by atoms with E-state index in [1.165, 1.54) is 23.5 Å². The molecule has 1 atom stereocenters. The minimum atomic E-state index is -0.275. The van der Waals surface area contributed by atoms with Gasteiger partial charge >= 0.3 is 0 Å². The van der Waals surface area contributed by atoms with Gasteiger partial charge in [0.2, 0.25) is 0 Å². The highest BCUT2D eigenvalue weighted by molar-refractivity contribution is 7.13. The first-order chi connectivity index (χ1) is 11.1. The third-order valence-electron chi connectivity index (χ3n) is 4.08.